The van der Waals surface area contributed by atoms with E-state index in [0.29, 0.717) is 41.7 Å². The average Bonchev–Trinajstić information content (AvgIpc) is 3.44. The molecule has 5 aromatic rings. The van der Waals surface area contributed by atoms with Crippen LogP contribution in [0.5, 0.6) is 5.75 Å². The smallest absolute Gasteiger partial charge is 0.254 e. The van der Waals surface area contributed by atoms with E-state index < -0.39 is 0 Å². The number of methoxy groups -OCH3 is 1. The lowest BCUT2D eigenvalue weighted by atomic mass is 10.0. The van der Waals surface area contributed by atoms with Gasteiger partial charge in [0, 0.05) is 73.1 Å². The van der Waals surface area contributed by atoms with E-state index in [2.05, 4.69) is 20.2 Å². The lowest BCUT2D eigenvalue weighted by Crippen LogP contribution is -2.41. The first-order valence-electron chi connectivity index (χ1n) is 15.6. The van der Waals surface area contributed by atoms with E-state index in [9.17, 15) is 9.59 Å². The van der Waals surface area contributed by atoms with Gasteiger partial charge in [-0.25, -0.2) is 4.98 Å². The van der Waals surface area contributed by atoms with Gasteiger partial charge in [0.05, 0.1) is 18.3 Å². The second-order valence-electron chi connectivity index (χ2n) is 12.8. The Hall–Kier alpha value is -4.50. The first-order chi connectivity index (χ1) is 21.4. The fraction of sp³-hybridized carbons (Fsp3) is 0.371. The van der Waals surface area contributed by atoms with Gasteiger partial charge in [-0.2, -0.15) is 0 Å². The van der Waals surface area contributed by atoms with Crippen molar-refractivity contribution in [3.05, 3.63) is 77.6 Å². The third-order valence-electron chi connectivity index (χ3n) is 10.0. The first-order valence-corrected chi connectivity index (χ1v) is 15.6. The quantitative estimate of drug-likeness (QED) is 0.256. The van der Waals surface area contributed by atoms with Crippen molar-refractivity contribution in [3.8, 4) is 17.3 Å². The Labute approximate surface area is 255 Å². The van der Waals surface area contributed by atoms with Gasteiger partial charge in [-0.05, 0) is 79.5 Å². The van der Waals surface area contributed by atoms with E-state index >= 15 is 0 Å². The number of nitrogens with two attached hydrogens (primary N) is 1. The van der Waals surface area contributed by atoms with E-state index in [1.807, 2.05) is 54.4 Å². The third kappa shape index (κ3) is 4.40. The van der Waals surface area contributed by atoms with Gasteiger partial charge >= 0.3 is 0 Å². The lowest BCUT2D eigenvalue weighted by Gasteiger charge is -2.27. The molecule has 8 rings (SSSR count). The number of rotatable bonds is 8. The molecule has 1 aliphatic heterocycles. The molecule has 9 nitrogen and oxygen atoms in total. The fourth-order valence-corrected chi connectivity index (χ4v) is 7.42. The molecule has 44 heavy (non-hydrogen) atoms. The summed E-state index contributed by atoms with van der Waals surface area (Å²) in [6, 6.07) is 15.8. The number of Topliss-reactive ketones (excluding diaryl/α,β-unsaturated/α-hetero) is 1. The highest BCUT2D eigenvalue weighted by molar-refractivity contribution is 6.02. The van der Waals surface area contributed by atoms with Crippen LogP contribution in [-0.2, 0) is 20.0 Å². The van der Waals surface area contributed by atoms with Gasteiger partial charge in [-0.3, -0.25) is 14.6 Å². The summed E-state index contributed by atoms with van der Waals surface area (Å²) in [7, 11) is 3.63. The van der Waals surface area contributed by atoms with Gasteiger partial charge in [-0.1, -0.05) is 12.1 Å². The summed E-state index contributed by atoms with van der Waals surface area (Å²) >= 11 is 0. The van der Waals surface area contributed by atoms with Crippen LogP contribution >= 0.6 is 0 Å². The highest BCUT2D eigenvalue weighted by atomic mass is 16.5. The lowest BCUT2D eigenvalue weighted by molar-refractivity contribution is 0.0700. The molecule has 1 amide bonds. The number of ether oxygens (including phenoxy) is 1. The highest BCUT2D eigenvalue weighted by Crippen LogP contribution is 2.40. The SMILES string of the molecule is COc1cc(C(=O)N2CC3CCC2[C@@H]3N)cc2nc(-c3cc4ccc(C(=O)Cc5ccncc5)cc4n3CC3CC3)n(C)c12. The number of hydrogen-bond acceptors (Lipinski definition) is 6. The Morgan fingerprint density at radius 2 is 1.82 bits per heavy atom. The second-order valence-corrected chi connectivity index (χ2v) is 12.8. The summed E-state index contributed by atoms with van der Waals surface area (Å²) in [6.45, 7) is 1.58. The van der Waals surface area contributed by atoms with Crippen LogP contribution in [0.3, 0.4) is 0 Å². The standard InChI is InChI=1S/C35H36N6O3/c1-39-33-26(14-25(17-31(33)44-2)35(43)41-19-24-7-8-27(41)32(24)36)38-34(39)29-15-22-5-6-23(16-28(22)40(29)18-21-3-4-21)30(42)13-20-9-11-37-12-10-20/h5-6,9-12,14-17,21,24,27,32H,3-4,7-8,13,18-19,36H2,1-2H3/t24?,27?,32-/m1/s1. The van der Waals surface area contributed by atoms with Crippen LogP contribution in [0.25, 0.3) is 33.5 Å². The molecule has 3 fully saturated rings. The Bertz CT molecular complexity index is 1940. The van der Waals surface area contributed by atoms with Crippen molar-refractivity contribution < 1.29 is 14.3 Å². The van der Waals surface area contributed by atoms with Crippen LogP contribution in [0.2, 0.25) is 0 Å². The van der Waals surface area contributed by atoms with Gasteiger partial charge in [0.1, 0.15) is 11.3 Å². The van der Waals surface area contributed by atoms with Crippen molar-refractivity contribution >= 4 is 33.6 Å². The number of carbonyl (C=O) groups excluding carboxylic acids is 2. The number of likely N-dealkylation sites (tertiary alicyclic amines) is 1. The molecule has 3 aliphatic rings. The molecule has 3 aromatic heterocycles. The molecule has 0 radical (unpaired) electrons. The molecule has 4 heterocycles. The number of aromatic nitrogens is 4. The summed E-state index contributed by atoms with van der Waals surface area (Å²) < 4.78 is 10.2. The molecule has 2 N–H and O–H groups in total. The maximum absolute atomic E-state index is 13.7. The first kappa shape index (κ1) is 27.1. The van der Waals surface area contributed by atoms with Crippen molar-refractivity contribution in [2.75, 3.05) is 13.7 Å². The van der Waals surface area contributed by atoms with E-state index in [-0.39, 0.29) is 23.8 Å². The van der Waals surface area contributed by atoms with Crippen molar-refractivity contribution in [1.82, 2.24) is 24.0 Å². The van der Waals surface area contributed by atoms with Crippen LogP contribution in [0.15, 0.2) is 60.9 Å². The number of imidazole rings is 1. The Morgan fingerprint density at radius 1 is 1.00 bits per heavy atom. The number of hydrogen-bond donors (Lipinski definition) is 1. The molecule has 2 aromatic carbocycles. The molecule has 2 bridgehead atoms. The second kappa shape index (κ2) is 10.3. The molecular weight excluding hydrogens is 552 g/mol. The fourth-order valence-electron chi connectivity index (χ4n) is 7.42. The molecule has 2 aliphatic carbocycles. The minimum absolute atomic E-state index is 0.00753. The molecule has 1 saturated heterocycles. The van der Waals surface area contributed by atoms with Crippen LogP contribution in [-0.4, -0.2) is 61.4 Å². The number of benzene rings is 2. The summed E-state index contributed by atoms with van der Waals surface area (Å²) in [5.41, 5.74) is 12.2. The van der Waals surface area contributed by atoms with Crippen LogP contribution in [0.4, 0.5) is 0 Å². The normalized spacial score (nSPS) is 21.1. The predicted octanol–water partition coefficient (Wildman–Crippen LogP) is 5.00. The number of carbonyl (C=O) groups is 2. The van der Waals surface area contributed by atoms with Crippen molar-refractivity contribution in [2.24, 2.45) is 24.6 Å². The van der Waals surface area contributed by atoms with Crippen LogP contribution in [0.1, 0.15) is 52.0 Å². The molecule has 2 unspecified atom stereocenters. The summed E-state index contributed by atoms with van der Waals surface area (Å²) in [4.78, 5) is 38.1. The molecule has 224 valence electrons. The maximum atomic E-state index is 13.7. The molecule has 0 spiro atoms. The summed E-state index contributed by atoms with van der Waals surface area (Å²) in [5, 5.41) is 1.07. The van der Waals surface area contributed by atoms with Crippen LogP contribution in [0, 0.1) is 11.8 Å². The summed E-state index contributed by atoms with van der Waals surface area (Å²) in [5.74, 6) is 2.48. The number of ketones is 1. The number of aryl methyl sites for hydroxylation is 1. The van der Waals surface area contributed by atoms with E-state index in [1.165, 1.54) is 12.8 Å². The predicted molar refractivity (Wildman–Crippen MR) is 169 cm³/mol. The van der Waals surface area contributed by atoms with Crippen molar-refractivity contribution in [2.45, 2.75) is 50.7 Å². The zero-order valence-corrected chi connectivity index (χ0v) is 25.1. The largest absolute Gasteiger partial charge is 0.494 e. The van der Waals surface area contributed by atoms with Crippen molar-refractivity contribution in [1.29, 1.82) is 0 Å². The number of fused-ring (bicyclic) bond motifs is 4. The van der Waals surface area contributed by atoms with E-state index in [4.69, 9.17) is 15.5 Å². The van der Waals surface area contributed by atoms with Gasteiger partial charge in [0.25, 0.3) is 5.91 Å². The minimum Gasteiger partial charge on any atom is -0.494 e. The number of pyridine rings is 1. The topological polar surface area (TPSA) is 108 Å². The van der Waals surface area contributed by atoms with E-state index in [1.54, 1.807) is 19.5 Å². The molecule has 9 heteroatoms. The van der Waals surface area contributed by atoms with E-state index in [0.717, 1.165) is 58.4 Å². The Kier molecular flexibility index (Phi) is 6.34. The monoisotopic (exact) mass is 588 g/mol. The van der Waals surface area contributed by atoms with Gasteiger partial charge < -0.3 is 24.5 Å². The third-order valence-corrected chi connectivity index (χ3v) is 10.0. The Balaban J connectivity index is 1.20. The van der Waals surface area contributed by atoms with Gasteiger partial charge in [0.15, 0.2) is 11.6 Å². The van der Waals surface area contributed by atoms with Crippen LogP contribution < -0.4 is 10.5 Å². The Morgan fingerprint density at radius 3 is 2.52 bits per heavy atom. The van der Waals surface area contributed by atoms with Gasteiger partial charge in [-0.15, -0.1) is 0 Å². The average molecular weight is 589 g/mol. The molecule has 2 saturated carbocycles. The molecular formula is C35H36N6O3. The number of nitrogens with zero attached hydrogens (tertiary/aromatic N) is 5. The number of piperidine rings is 1. The maximum Gasteiger partial charge on any atom is 0.254 e. The summed E-state index contributed by atoms with van der Waals surface area (Å²) in [6.07, 6.45) is 8.22. The number of amides is 1. The highest BCUT2D eigenvalue weighted by Gasteiger charge is 2.47. The zero-order chi connectivity index (χ0) is 30.1. The van der Waals surface area contributed by atoms with Gasteiger partial charge in [0.2, 0.25) is 0 Å². The molecule has 3 atom stereocenters. The van der Waals surface area contributed by atoms with Crippen molar-refractivity contribution in [3.63, 3.8) is 0 Å². The zero-order valence-electron chi connectivity index (χ0n) is 25.1. The minimum atomic E-state index is -0.00753.